The summed E-state index contributed by atoms with van der Waals surface area (Å²) in [7, 11) is 1.63. The Morgan fingerprint density at radius 1 is 1.28 bits per heavy atom. The molecule has 0 saturated heterocycles. The predicted molar refractivity (Wildman–Crippen MR) is 115 cm³/mol. The van der Waals surface area contributed by atoms with Crippen LogP contribution >= 0.6 is 11.3 Å². The minimum absolute atomic E-state index is 0.119. The molecule has 0 radical (unpaired) electrons. The smallest absolute Gasteiger partial charge is 0.263 e. The summed E-state index contributed by atoms with van der Waals surface area (Å²) in [6.07, 6.45) is 3.86. The highest BCUT2D eigenvalue weighted by molar-refractivity contribution is 7.17. The summed E-state index contributed by atoms with van der Waals surface area (Å²) in [5, 5.41) is 4.86. The Hall–Kier alpha value is -3.19. The molecule has 0 fully saturated rings. The van der Waals surface area contributed by atoms with E-state index in [1.165, 1.54) is 11.3 Å². The number of amides is 1. The summed E-state index contributed by atoms with van der Waals surface area (Å²) in [5.74, 6) is 0.653. The lowest BCUT2D eigenvalue weighted by Gasteiger charge is -2.06. The van der Waals surface area contributed by atoms with Crippen LogP contribution in [-0.2, 0) is 13.1 Å². The van der Waals surface area contributed by atoms with Gasteiger partial charge in [-0.1, -0.05) is 12.1 Å². The standard InChI is InChI=1S/C22H22N4O2S/c1-4-26-13-18(17-9-6-10-23-20(17)26)22-25-14(2)19(29-22)21(27)24-12-15-7-5-8-16(11-15)28-3/h5-11,13H,4,12H2,1-3H3,(H,24,27). The van der Waals surface area contributed by atoms with Crippen LogP contribution in [-0.4, -0.2) is 27.6 Å². The van der Waals surface area contributed by atoms with Crippen LogP contribution in [0.15, 0.2) is 48.8 Å². The Bertz CT molecular complexity index is 1180. The third kappa shape index (κ3) is 3.73. The largest absolute Gasteiger partial charge is 0.497 e. The normalized spacial score (nSPS) is 11.0. The van der Waals surface area contributed by atoms with Gasteiger partial charge in [-0.2, -0.15) is 0 Å². The minimum Gasteiger partial charge on any atom is -0.497 e. The van der Waals surface area contributed by atoms with Crippen LogP contribution in [0, 0.1) is 6.92 Å². The van der Waals surface area contributed by atoms with Crippen molar-refractivity contribution in [2.75, 3.05) is 7.11 Å². The van der Waals surface area contributed by atoms with Crippen molar-refractivity contribution in [3.05, 3.63) is 64.9 Å². The van der Waals surface area contributed by atoms with Crippen molar-refractivity contribution in [2.24, 2.45) is 0 Å². The number of carbonyl (C=O) groups is 1. The molecule has 0 unspecified atom stereocenters. The Kier molecular flexibility index (Phi) is 5.31. The molecule has 29 heavy (non-hydrogen) atoms. The molecule has 6 nitrogen and oxygen atoms in total. The van der Waals surface area contributed by atoms with Crippen LogP contribution < -0.4 is 10.1 Å². The number of thiazole rings is 1. The van der Waals surface area contributed by atoms with Crippen molar-refractivity contribution in [1.82, 2.24) is 19.9 Å². The first-order valence-corrected chi connectivity index (χ1v) is 10.2. The zero-order valence-corrected chi connectivity index (χ0v) is 17.4. The van der Waals surface area contributed by atoms with E-state index in [1.54, 1.807) is 13.3 Å². The SMILES string of the molecule is CCn1cc(-c2nc(C)c(C(=O)NCc3cccc(OC)c3)s2)c2cccnc21. The Labute approximate surface area is 173 Å². The van der Waals surface area contributed by atoms with Crippen LogP contribution in [0.3, 0.4) is 0 Å². The molecule has 1 amide bonds. The fourth-order valence-corrected chi connectivity index (χ4v) is 4.31. The second kappa shape index (κ2) is 8.05. The predicted octanol–water partition coefficient (Wildman–Crippen LogP) is 4.43. The van der Waals surface area contributed by atoms with Gasteiger partial charge in [0.1, 0.15) is 21.3 Å². The third-order valence-corrected chi connectivity index (χ3v) is 5.98. The number of methoxy groups -OCH3 is 1. The molecule has 4 rings (SSSR count). The number of aromatic nitrogens is 3. The summed E-state index contributed by atoms with van der Waals surface area (Å²) >= 11 is 1.41. The number of carbonyl (C=O) groups excluding carboxylic acids is 1. The molecule has 4 aromatic rings. The van der Waals surface area contributed by atoms with Gasteiger partial charge in [0.2, 0.25) is 0 Å². The van der Waals surface area contributed by atoms with Gasteiger partial charge in [0.05, 0.1) is 12.8 Å². The molecule has 0 bridgehead atoms. The molecular formula is C22H22N4O2S. The van der Waals surface area contributed by atoms with Crippen molar-refractivity contribution in [3.63, 3.8) is 0 Å². The van der Waals surface area contributed by atoms with Crippen LogP contribution in [0.1, 0.15) is 27.9 Å². The first kappa shape index (κ1) is 19.1. The van der Waals surface area contributed by atoms with Crippen molar-refractivity contribution in [1.29, 1.82) is 0 Å². The number of pyridine rings is 1. The van der Waals surface area contributed by atoms with Crippen molar-refractivity contribution in [2.45, 2.75) is 26.9 Å². The van der Waals surface area contributed by atoms with E-state index in [2.05, 4.69) is 33.0 Å². The van der Waals surface area contributed by atoms with Gasteiger partial charge in [-0.3, -0.25) is 4.79 Å². The van der Waals surface area contributed by atoms with Crippen LogP contribution in [0.25, 0.3) is 21.6 Å². The maximum absolute atomic E-state index is 12.8. The van der Waals surface area contributed by atoms with Gasteiger partial charge in [0, 0.05) is 36.4 Å². The zero-order valence-electron chi connectivity index (χ0n) is 16.6. The molecule has 3 heterocycles. The topological polar surface area (TPSA) is 69.0 Å². The van der Waals surface area contributed by atoms with Crippen molar-refractivity contribution < 1.29 is 9.53 Å². The summed E-state index contributed by atoms with van der Waals surface area (Å²) in [6.45, 7) is 5.22. The molecule has 0 aliphatic carbocycles. The number of ether oxygens (including phenoxy) is 1. The van der Waals surface area contributed by atoms with E-state index in [1.807, 2.05) is 43.3 Å². The highest BCUT2D eigenvalue weighted by atomic mass is 32.1. The third-order valence-electron chi connectivity index (χ3n) is 4.79. The van der Waals surface area contributed by atoms with Gasteiger partial charge in [-0.15, -0.1) is 11.3 Å². The van der Waals surface area contributed by atoms with Crippen LogP contribution in [0.4, 0.5) is 0 Å². The maximum atomic E-state index is 12.8. The molecule has 1 N–H and O–H groups in total. The van der Waals surface area contributed by atoms with E-state index >= 15 is 0 Å². The lowest BCUT2D eigenvalue weighted by Crippen LogP contribution is -2.22. The van der Waals surface area contributed by atoms with E-state index in [-0.39, 0.29) is 5.91 Å². The monoisotopic (exact) mass is 406 g/mol. The van der Waals surface area contributed by atoms with Crippen LogP contribution in [0.5, 0.6) is 5.75 Å². The molecule has 148 valence electrons. The second-order valence-electron chi connectivity index (χ2n) is 6.67. The molecule has 0 spiro atoms. The molecule has 7 heteroatoms. The number of hydrogen-bond donors (Lipinski definition) is 1. The lowest BCUT2D eigenvalue weighted by atomic mass is 10.2. The average Bonchev–Trinajstić information content (AvgIpc) is 3.32. The summed E-state index contributed by atoms with van der Waals surface area (Å²) < 4.78 is 7.34. The van der Waals surface area contributed by atoms with E-state index in [9.17, 15) is 4.79 Å². The van der Waals surface area contributed by atoms with E-state index < -0.39 is 0 Å². The summed E-state index contributed by atoms with van der Waals surface area (Å²) in [5.41, 5.74) is 3.66. The number of nitrogens with zero attached hydrogens (tertiary/aromatic N) is 3. The number of fused-ring (bicyclic) bond motifs is 1. The Morgan fingerprint density at radius 3 is 2.93 bits per heavy atom. The quantitative estimate of drug-likeness (QED) is 0.514. The fourth-order valence-electron chi connectivity index (χ4n) is 3.30. The number of benzene rings is 1. The average molecular weight is 407 g/mol. The molecular weight excluding hydrogens is 384 g/mol. The Morgan fingerprint density at radius 2 is 2.14 bits per heavy atom. The van der Waals surface area contributed by atoms with Crippen molar-refractivity contribution in [3.8, 4) is 16.3 Å². The van der Waals surface area contributed by atoms with E-state index in [0.29, 0.717) is 11.4 Å². The molecule has 0 aliphatic heterocycles. The summed E-state index contributed by atoms with van der Waals surface area (Å²) in [6, 6.07) is 11.6. The first-order chi connectivity index (χ1) is 14.1. The van der Waals surface area contributed by atoms with Crippen LogP contribution in [0.2, 0.25) is 0 Å². The zero-order chi connectivity index (χ0) is 20.4. The number of nitrogens with one attached hydrogen (secondary N) is 1. The van der Waals surface area contributed by atoms with Gasteiger partial charge < -0.3 is 14.6 Å². The summed E-state index contributed by atoms with van der Waals surface area (Å²) in [4.78, 5) is 22.6. The molecule has 1 aromatic carbocycles. The highest BCUT2D eigenvalue weighted by Crippen LogP contribution is 2.34. The van der Waals surface area contributed by atoms with Gasteiger partial charge in [-0.05, 0) is 43.7 Å². The molecule has 0 saturated carbocycles. The first-order valence-electron chi connectivity index (χ1n) is 9.43. The maximum Gasteiger partial charge on any atom is 0.263 e. The second-order valence-corrected chi connectivity index (χ2v) is 7.67. The fraction of sp³-hybridized carbons (Fsp3) is 0.227. The van der Waals surface area contributed by atoms with Gasteiger partial charge in [0.15, 0.2) is 0 Å². The van der Waals surface area contributed by atoms with Gasteiger partial charge in [0.25, 0.3) is 5.91 Å². The number of aryl methyl sites for hydroxylation is 2. The van der Waals surface area contributed by atoms with E-state index in [4.69, 9.17) is 4.74 Å². The highest BCUT2D eigenvalue weighted by Gasteiger charge is 2.19. The minimum atomic E-state index is -0.119. The number of rotatable bonds is 6. The van der Waals surface area contributed by atoms with Gasteiger partial charge in [-0.25, -0.2) is 9.97 Å². The molecule has 0 aliphatic rings. The lowest BCUT2D eigenvalue weighted by molar-refractivity contribution is 0.0954. The Balaban J connectivity index is 1.59. The van der Waals surface area contributed by atoms with E-state index in [0.717, 1.165) is 45.2 Å². The molecule has 0 atom stereocenters. The molecule has 3 aromatic heterocycles. The van der Waals surface area contributed by atoms with Crippen molar-refractivity contribution >= 4 is 28.3 Å². The number of hydrogen-bond acceptors (Lipinski definition) is 5. The van der Waals surface area contributed by atoms with Gasteiger partial charge >= 0.3 is 0 Å².